The summed E-state index contributed by atoms with van der Waals surface area (Å²) in [6.07, 6.45) is -4.62. The molecule has 2 rings (SSSR count). The van der Waals surface area contributed by atoms with Gasteiger partial charge in [-0.25, -0.2) is 4.39 Å². The molecule has 20 heavy (non-hydrogen) atoms. The zero-order chi connectivity index (χ0) is 15.5. The lowest BCUT2D eigenvalue weighted by Crippen LogP contribution is -2.07. The maximum absolute atomic E-state index is 14.0. The first-order chi connectivity index (χ1) is 8.98. The third kappa shape index (κ3) is 2.53. The van der Waals surface area contributed by atoms with Gasteiger partial charge in [-0.05, 0) is 24.6 Å². The number of halogens is 7. The smallest absolute Gasteiger partial charge is 0.205 e. The molecule has 1 aliphatic rings. The summed E-state index contributed by atoms with van der Waals surface area (Å²) in [4.78, 5) is 0. The van der Waals surface area contributed by atoms with Crippen LogP contribution in [0.2, 0.25) is 5.02 Å². The van der Waals surface area contributed by atoms with Crippen LogP contribution in [0.1, 0.15) is 24.0 Å². The molecule has 0 aromatic heterocycles. The maximum atomic E-state index is 14.0. The molecule has 0 nitrogen and oxygen atoms in total. The van der Waals surface area contributed by atoms with Gasteiger partial charge in [0.25, 0.3) is 0 Å². The Bertz CT molecular complexity index is 578. The van der Waals surface area contributed by atoms with E-state index in [1.54, 1.807) is 6.92 Å². The van der Waals surface area contributed by atoms with Crippen LogP contribution in [0.5, 0.6) is 0 Å². The molecule has 0 aliphatic heterocycles. The second-order valence-electron chi connectivity index (χ2n) is 4.84. The van der Waals surface area contributed by atoms with E-state index in [0.717, 1.165) is 0 Å². The molecular weight excluding hydrogens is 338 g/mol. The van der Waals surface area contributed by atoms with E-state index in [1.165, 1.54) is 0 Å². The lowest BCUT2D eigenvalue weighted by atomic mass is 10.0. The number of hydrogen-bond donors (Lipinski definition) is 0. The zero-order valence-electron chi connectivity index (χ0n) is 10.2. The van der Waals surface area contributed by atoms with E-state index < -0.39 is 38.7 Å². The Hall–Kier alpha value is -0.450. The van der Waals surface area contributed by atoms with Crippen molar-refractivity contribution in [2.24, 2.45) is 5.92 Å². The lowest BCUT2D eigenvalue weighted by molar-refractivity contribution is -0.137. The van der Waals surface area contributed by atoms with Gasteiger partial charge in [0.1, 0.15) is 10.2 Å². The highest BCUT2D eigenvalue weighted by molar-refractivity contribution is 6.52. The zero-order valence-corrected chi connectivity index (χ0v) is 12.4. The summed E-state index contributed by atoms with van der Waals surface area (Å²) in [5.74, 6) is -2.22. The van der Waals surface area contributed by atoms with Crippen molar-refractivity contribution in [1.29, 1.82) is 0 Å². The molecule has 0 bridgehead atoms. The van der Waals surface area contributed by atoms with Crippen molar-refractivity contribution in [3.05, 3.63) is 46.3 Å². The molecule has 7 heteroatoms. The molecule has 1 aromatic carbocycles. The van der Waals surface area contributed by atoms with Crippen LogP contribution in [0.25, 0.3) is 0 Å². The highest BCUT2D eigenvalue weighted by Crippen LogP contribution is 2.68. The van der Waals surface area contributed by atoms with Crippen molar-refractivity contribution in [2.45, 2.75) is 23.4 Å². The van der Waals surface area contributed by atoms with Crippen molar-refractivity contribution in [3.63, 3.8) is 0 Å². The first kappa shape index (κ1) is 15.9. The molecule has 1 saturated carbocycles. The fourth-order valence-corrected chi connectivity index (χ4v) is 3.54. The lowest BCUT2D eigenvalue weighted by Gasteiger charge is -2.11. The normalized spacial score (nSPS) is 24.6. The van der Waals surface area contributed by atoms with Crippen LogP contribution in [0.4, 0.5) is 17.6 Å². The quantitative estimate of drug-likeness (QED) is 0.352. The Morgan fingerprint density at radius 3 is 2.25 bits per heavy atom. The molecule has 2 unspecified atom stereocenters. The maximum Gasteiger partial charge on any atom is 0.416 e. The van der Waals surface area contributed by atoms with E-state index in [0.29, 0.717) is 17.7 Å². The largest absolute Gasteiger partial charge is 0.416 e. The van der Waals surface area contributed by atoms with Gasteiger partial charge >= 0.3 is 6.18 Å². The second kappa shape index (κ2) is 4.79. The van der Waals surface area contributed by atoms with Gasteiger partial charge < -0.3 is 0 Å². The fourth-order valence-electron chi connectivity index (χ4n) is 2.33. The molecule has 0 amide bonds. The van der Waals surface area contributed by atoms with Crippen molar-refractivity contribution in [1.82, 2.24) is 0 Å². The minimum Gasteiger partial charge on any atom is -0.205 e. The number of hydrogen-bond acceptors (Lipinski definition) is 0. The standard InChI is InChI=1S/C13H9Cl3F4/c1-5(2)9-10(12(9,15)16)7-3-6(13(18,19)20)4-8(14)11(7)17/h3-4,9-10H,1H2,2H3. The van der Waals surface area contributed by atoms with Crippen LogP contribution in [0.15, 0.2) is 24.3 Å². The summed E-state index contributed by atoms with van der Waals surface area (Å²) in [5.41, 5.74) is -0.689. The molecule has 1 fully saturated rings. The van der Waals surface area contributed by atoms with Gasteiger partial charge in [0.2, 0.25) is 0 Å². The van der Waals surface area contributed by atoms with Gasteiger partial charge in [-0.1, -0.05) is 23.8 Å². The molecule has 1 aromatic rings. The first-order valence-corrected chi connectivity index (χ1v) is 6.70. The van der Waals surface area contributed by atoms with Crippen LogP contribution in [0, 0.1) is 11.7 Å². The molecule has 0 saturated heterocycles. The van der Waals surface area contributed by atoms with Crippen LogP contribution in [-0.4, -0.2) is 4.33 Å². The Kier molecular flexibility index (Phi) is 3.81. The summed E-state index contributed by atoms with van der Waals surface area (Å²) in [6, 6.07) is 1.25. The van der Waals surface area contributed by atoms with E-state index in [1.807, 2.05) is 0 Å². The summed E-state index contributed by atoms with van der Waals surface area (Å²) in [6.45, 7) is 5.30. The second-order valence-corrected chi connectivity index (χ2v) is 6.69. The number of alkyl halides is 5. The van der Waals surface area contributed by atoms with Crippen LogP contribution >= 0.6 is 34.8 Å². The van der Waals surface area contributed by atoms with Crippen molar-refractivity contribution in [2.75, 3.05) is 0 Å². The van der Waals surface area contributed by atoms with E-state index in [9.17, 15) is 17.6 Å². The first-order valence-electron chi connectivity index (χ1n) is 5.57. The predicted molar refractivity (Wildman–Crippen MR) is 71.9 cm³/mol. The summed E-state index contributed by atoms with van der Waals surface area (Å²) in [7, 11) is 0. The molecule has 1 aliphatic carbocycles. The molecule has 110 valence electrons. The number of rotatable bonds is 2. The van der Waals surface area contributed by atoms with Gasteiger partial charge in [0, 0.05) is 11.8 Å². The van der Waals surface area contributed by atoms with Crippen molar-refractivity contribution < 1.29 is 17.6 Å². The highest BCUT2D eigenvalue weighted by atomic mass is 35.5. The average molecular weight is 348 g/mol. The Morgan fingerprint density at radius 2 is 1.85 bits per heavy atom. The van der Waals surface area contributed by atoms with Crippen LogP contribution in [0.3, 0.4) is 0 Å². The number of benzene rings is 1. The van der Waals surface area contributed by atoms with E-state index in [2.05, 4.69) is 6.58 Å². The van der Waals surface area contributed by atoms with Gasteiger partial charge in [0.15, 0.2) is 0 Å². The topological polar surface area (TPSA) is 0 Å². The van der Waals surface area contributed by atoms with Gasteiger partial charge in [0.05, 0.1) is 10.6 Å². The molecule has 2 atom stereocenters. The summed E-state index contributed by atoms with van der Waals surface area (Å²) in [5, 5.41) is -0.605. The Labute approximate surface area is 128 Å². The van der Waals surface area contributed by atoms with Gasteiger partial charge in [-0.3, -0.25) is 0 Å². The van der Waals surface area contributed by atoms with Crippen molar-refractivity contribution >= 4 is 34.8 Å². The minimum absolute atomic E-state index is 0.233. The minimum atomic E-state index is -4.62. The van der Waals surface area contributed by atoms with E-state index in [-0.39, 0.29) is 5.56 Å². The fraction of sp³-hybridized carbons (Fsp3) is 0.385. The third-order valence-corrected chi connectivity index (χ3v) is 4.52. The molecule has 0 heterocycles. The summed E-state index contributed by atoms with van der Waals surface area (Å²) < 4.78 is 50.9. The number of allylic oxidation sites excluding steroid dienone is 1. The van der Waals surface area contributed by atoms with Gasteiger partial charge in [-0.2, -0.15) is 13.2 Å². The Morgan fingerprint density at radius 1 is 1.30 bits per heavy atom. The Balaban J connectivity index is 2.54. The highest BCUT2D eigenvalue weighted by Gasteiger charge is 2.65. The SMILES string of the molecule is C=C(C)C1C(c2cc(C(F)(F)F)cc(Cl)c2F)C1(Cl)Cl. The van der Waals surface area contributed by atoms with Gasteiger partial charge in [-0.15, -0.1) is 23.2 Å². The van der Waals surface area contributed by atoms with Crippen LogP contribution < -0.4 is 0 Å². The molecule has 0 N–H and O–H groups in total. The van der Waals surface area contributed by atoms with Crippen LogP contribution in [-0.2, 0) is 6.18 Å². The molecule has 0 spiro atoms. The monoisotopic (exact) mass is 346 g/mol. The third-order valence-electron chi connectivity index (χ3n) is 3.30. The summed E-state index contributed by atoms with van der Waals surface area (Å²) >= 11 is 17.5. The molecular formula is C13H9Cl3F4. The van der Waals surface area contributed by atoms with E-state index >= 15 is 0 Å². The molecule has 0 radical (unpaired) electrons. The van der Waals surface area contributed by atoms with Crippen molar-refractivity contribution in [3.8, 4) is 0 Å². The van der Waals surface area contributed by atoms with E-state index in [4.69, 9.17) is 34.8 Å². The predicted octanol–water partition coefficient (Wildman–Crippen LogP) is 5.96. The average Bonchev–Trinajstić information content (AvgIpc) is 2.83.